The van der Waals surface area contributed by atoms with E-state index in [2.05, 4.69) is 14.8 Å². The fourth-order valence-electron chi connectivity index (χ4n) is 1.62. The molecule has 0 heterocycles. The third-order valence-electron chi connectivity index (χ3n) is 2.63. The molecule has 1 amide bonds. The maximum Gasteiger partial charge on any atom is 0.406 e. The van der Waals surface area contributed by atoms with Crippen molar-refractivity contribution in [3.8, 4) is 0 Å². The first-order valence-corrected chi connectivity index (χ1v) is 7.40. The van der Waals surface area contributed by atoms with Gasteiger partial charge < -0.3 is 14.8 Å². The predicted octanol–water partition coefficient (Wildman–Crippen LogP) is 0.0191. The Morgan fingerprint density at radius 2 is 1.90 bits per heavy atom. The Balaban J connectivity index is 3.00. The van der Waals surface area contributed by atoms with Crippen LogP contribution in [0.4, 0.5) is 4.79 Å². The molecule has 0 aliphatic rings. The lowest BCUT2D eigenvalue weighted by molar-refractivity contribution is 0.0596. The zero-order valence-electron chi connectivity index (χ0n) is 11.6. The highest BCUT2D eigenvalue weighted by atomic mass is 32.2. The van der Waals surface area contributed by atoms with Crippen LogP contribution in [0.5, 0.6) is 0 Å². The van der Waals surface area contributed by atoms with E-state index in [0.717, 1.165) is 7.11 Å². The Kier molecular flexibility index (Phi) is 5.68. The molecule has 0 spiro atoms. The second kappa shape index (κ2) is 7.04. The number of carbonyl (C=O) groups is 2. The zero-order chi connectivity index (χ0) is 16.0. The molecule has 0 radical (unpaired) electrons. The Labute approximate surface area is 122 Å². The minimum atomic E-state index is -4.07. The molecule has 1 aromatic rings. The van der Waals surface area contributed by atoms with Crippen LogP contribution in [-0.4, -0.2) is 41.2 Å². The van der Waals surface area contributed by atoms with E-state index in [0.29, 0.717) is 12.0 Å². The summed E-state index contributed by atoms with van der Waals surface area (Å²) in [7, 11) is -1.69. The van der Waals surface area contributed by atoms with Gasteiger partial charge in [0.15, 0.2) is 0 Å². The highest BCUT2D eigenvalue weighted by Crippen LogP contribution is 2.18. The molecular formula is C12H16N2O6S. The number of hydrogen-bond acceptors (Lipinski definition) is 6. The Morgan fingerprint density at radius 3 is 2.43 bits per heavy atom. The van der Waals surface area contributed by atoms with Gasteiger partial charge in [-0.2, -0.15) is 0 Å². The van der Waals surface area contributed by atoms with Crippen LogP contribution in [0, 0.1) is 0 Å². The molecule has 8 nitrogen and oxygen atoms in total. The van der Waals surface area contributed by atoms with Crippen LogP contribution in [-0.2, 0) is 25.9 Å². The smallest absolute Gasteiger partial charge is 0.406 e. The molecule has 0 bridgehead atoms. The molecule has 0 aliphatic heterocycles. The van der Waals surface area contributed by atoms with Gasteiger partial charge in [0.2, 0.25) is 10.0 Å². The summed E-state index contributed by atoms with van der Waals surface area (Å²) < 4.78 is 32.0. The van der Waals surface area contributed by atoms with Crippen molar-refractivity contribution < 1.29 is 27.5 Å². The number of benzene rings is 1. The Bertz CT molecular complexity index is 641. The molecule has 0 fully saturated rings. The molecule has 0 unspecified atom stereocenters. The average Bonchev–Trinajstić information content (AvgIpc) is 2.45. The minimum absolute atomic E-state index is 0.135. The molecule has 116 valence electrons. The standard InChI is InChI=1S/C12H16N2O6S/c1-19-11(15)9-4-3-8(5-6-14-12(16)20-2)7-10(9)21(13,17)18/h3-4,7H,5-6H2,1-2H3,(H,14,16)(H2,13,17,18). The lowest BCUT2D eigenvalue weighted by Crippen LogP contribution is -2.25. The van der Waals surface area contributed by atoms with Crippen molar-refractivity contribution in [2.75, 3.05) is 20.8 Å². The summed E-state index contributed by atoms with van der Waals surface area (Å²) in [6.45, 7) is 0.244. The summed E-state index contributed by atoms with van der Waals surface area (Å²) in [6, 6.07) is 4.15. The maximum atomic E-state index is 11.5. The fourth-order valence-corrected chi connectivity index (χ4v) is 2.39. The topological polar surface area (TPSA) is 125 Å². The van der Waals surface area contributed by atoms with Crippen LogP contribution in [0.15, 0.2) is 23.1 Å². The molecule has 21 heavy (non-hydrogen) atoms. The van der Waals surface area contributed by atoms with Crippen molar-refractivity contribution in [3.63, 3.8) is 0 Å². The first-order valence-electron chi connectivity index (χ1n) is 5.85. The molecule has 0 saturated carbocycles. The number of nitrogens with two attached hydrogens (primary N) is 1. The molecule has 9 heteroatoms. The monoisotopic (exact) mass is 316 g/mol. The summed E-state index contributed by atoms with van der Waals surface area (Å²) >= 11 is 0. The highest BCUT2D eigenvalue weighted by molar-refractivity contribution is 7.89. The largest absolute Gasteiger partial charge is 0.465 e. The van der Waals surface area contributed by atoms with Gasteiger partial charge in [-0.15, -0.1) is 0 Å². The van der Waals surface area contributed by atoms with Crippen molar-refractivity contribution in [2.24, 2.45) is 5.14 Å². The fraction of sp³-hybridized carbons (Fsp3) is 0.333. The first kappa shape index (κ1) is 16.9. The number of amides is 1. The van der Waals surface area contributed by atoms with Gasteiger partial charge in [0.05, 0.1) is 24.7 Å². The van der Waals surface area contributed by atoms with Crippen LogP contribution in [0.25, 0.3) is 0 Å². The van der Waals surface area contributed by atoms with Gasteiger partial charge in [0.1, 0.15) is 0 Å². The van der Waals surface area contributed by atoms with Gasteiger partial charge in [-0.3, -0.25) is 0 Å². The highest BCUT2D eigenvalue weighted by Gasteiger charge is 2.20. The van der Waals surface area contributed by atoms with Gasteiger partial charge in [-0.1, -0.05) is 6.07 Å². The van der Waals surface area contributed by atoms with Crippen molar-refractivity contribution in [2.45, 2.75) is 11.3 Å². The average molecular weight is 316 g/mol. The molecular weight excluding hydrogens is 300 g/mol. The second-order valence-corrected chi connectivity index (χ2v) is 5.57. The first-order chi connectivity index (χ1) is 9.79. The molecule has 1 rings (SSSR count). The van der Waals surface area contributed by atoms with Gasteiger partial charge in [0, 0.05) is 6.54 Å². The van der Waals surface area contributed by atoms with Crippen molar-refractivity contribution in [3.05, 3.63) is 29.3 Å². The summed E-state index contributed by atoms with van der Waals surface area (Å²) in [4.78, 5) is 22.1. The number of primary sulfonamides is 1. The number of sulfonamides is 1. The van der Waals surface area contributed by atoms with E-state index in [-0.39, 0.29) is 17.0 Å². The number of rotatable bonds is 5. The number of esters is 1. The van der Waals surface area contributed by atoms with Crippen LogP contribution in [0.3, 0.4) is 0 Å². The van der Waals surface area contributed by atoms with Crippen LogP contribution < -0.4 is 10.5 Å². The molecule has 1 aromatic carbocycles. The van der Waals surface area contributed by atoms with Crippen LogP contribution >= 0.6 is 0 Å². The number of methoxy groups -OCH3 is 2. The number of nitrogens with one attached hydrogen (secondary N) is 1. The Hall–Kier alpha value is -2.13. The quantitative estimate of drug-likeness (QED) is 0.738. The maximum absolute atomic E-state index is 11.5. The molecule has 0 atom stereocenters. The van der Waals surface area contributed by atoms with Crippen molar-refractivity contribution in [1.29, 1.82) is 0 Å². The summed E-state index contributed by atoms with van der Waals surface area (Å²) in [5, 5.41) is 7.55. The van der Waals surface area contributed by atoms with Gasteiger partial charge in [-0.25, -0.2) is 23.1 Å². The second-order valence-electron chi connectivity index (χ2n) is 4.04. The third kappa shape index (κ3) is 4.72. The van der Waals surface area contributed by atoms with E-state index in [4.69, 9.17) is 5.14 Å². The van der Waals surface area contributed by atoms with Gasteiger partial charge in [0.25, 0.3) is 0 Å². The Morgan fingerprint density at radius 1 is 1.24 bits per heavy atom. The van der Waals surface area contributed by atoms with E-state index < -0.39 is 22.1 Å². The zero-order valence-corrected chi connectivity index (χ0v) is 12.4. The number of ether oxygens (including phenoxy) is 2. The van der Waals surface area contributed by atoms with Crippen molar-refractivity contribution >= 4 is 22.1 Å². The minimum Gasteiger partial charge on any atom is -0.465 e. The SMILES string of the molecule is COC(=O)NCCc1ccc(C(=O)OC)c(S(N)(=O)=O)c1. The lowest BCUT2D eigenvalue weighted by Gasteiger charge is -2.09. The lowest BCUT2D eigenvalue weighted by atomic mass is 10.1. The van der Waals surface area contributed by atoms with E-state index in [1.54, 1.807) is 6.07 Å². The molecule has 0 saturated heterocycles. The van der Waals surface area contributed by atoms with E-state index in [1.165, 1.54) is 19.2 Å². The molecule has 3 N–H and O–H groups in total. The van der Waals surface area contributed by atoms with Gasteiger partial charge >= 0.3 is 12.1 Å². The summed E-state index contributed by atoms with van der Waals surface area (Å²) in [5.41, 5.74) is 0.452. The number of carbonyl (C=O) groups excluding carboxylic acids is 2. The van der Waals surface area contributed by atoms with E-state index >= 15 is 0 Å². The van der Waals surface area contributed by atoms with Crippen LogP contribution in [0.2, 0.25) is 0 Å². The van der Waals surface area contributed by atoms with E-state index in [9.17, 15) is 18.0 Å². The number of hydrogen-bond donors (Lipinski definition) is 2. The van der Waals surface area contributed by atoms with Crippen molar-refractivity contribution in [1.82, 2.24) is 5.32 Å². The molecule has 0 aliphatic carbocycles. The molecule has 0 aromatic heterocycles. The van der Waals surface area contributed by atoms with Crippen LogP contribution in [0.1, 0.15) is 15.9 Å². The summed E-state index contributed by atoms with van der Waals surface area (Å²) in [6.07, 6.45) is -0.244. The van der Waals surface area contributed by atoms with E-state index in [1.807, 2.05) is 0 Å². The normalized spacial score (nSPS) is 10.8. The predicted molar refractivity (Wildman–Crippen MR) is 73.3 cm³/mol. The van der Waals surface area contributed by atoms with Gasteiger partial charge in [-0.05, 0) is 24.1 Å². The third-order valence-corrected chi connectivity index (χ3v) is 3.58. The summed E-state index contributed by atoms with van der Waals surface area (Å²) in [5.74, 6) is -0.793. The number of alkyl carbamates (subject to hydrolysis) is 1.